The molecule has 0 unspecified atom stereocenters. The van der Waals surface area contributed by atoms with Crippen molar-refractivity contribution in [3.05, 3.63) is 29.8 Å². The molecule has 0 heterocycles. The van der Waals surface area contributed by atoms with E-state index in [2.05, 4.69) is 4.74 Å². The van der Waals surface area contributed by atoms with Crippen molar-refractivity contribution in [2.75, 3.05) is 0 Å². The molecule has 0 radical (unpaired) electrons. The Labute approximate surface area is 104 Å². The minimum Gasteiger partial charge on any atom is -0.406 e. The van der Waals surface area contributed by atoms with Crippen molar-refractivity contribution in [3.63, 3.8) is 0 Å². The SMILES string of the molecule is C[C@@H](N)c1cccc(OC(F)(F)F)c1.Cl.Cl. The van der Waals surface area contributed by atoms with Gasteiger partial charge in [-0.05, 0) is 24.6 Å². The molecule has 16 heavy (non-hydrogen) atoms. The van der Waals surface area contributed by atoms with E-state index in [-0.39, 0.29) is 36.6 Å². The van der Waals surface area contributed by atoms with Crippen molar-refractivity contribution in [3.8, 4) is 5.75 Å². The van der Waals surface area contributed by atoms with E-state index in [9.17, 15) is 13.2 Å². The van der Waals surface area contributed by atoms with Gasteiger partial charge in [-0.2, -0.15) is 0 Å². The predicted molar refractivity (Wildman–Crippen MR) is 60.2 cm³/mol. The molecular weight excluding hydrogens is 266 g/mol. The number of halogens is 5. The van der Waals surface area contributed by atoms with Crippen LogP contribution in [0.3, 0.4) is 0 Å². The third-order valence-corrected chi connectivity index (χ3v) is 1.62. The van der Waals surface area contributed by atoms with Crippen LogP contribution in [0, 0.1) is 0 Å². The summed E-state index contributed by atoms with van der Waals surface area (Å²) in [5.74, 6) is -0.243. The summed E-state index contributed by atoms with van der Waals surface area (Å²) in [5, 5.41) is 0. The molecule has 1 rings (SSSR count). The molecule has 1 aromatic rings. The molecule has 0 aliphatic rings. The zero-order valence-corrected chi connectivity index (χ0v) is 9.96. The predicted octanol–water partition coefficient (Wildman–Crippen LogP) is 3.45. The Morgan fingerprint density at radius 1 is 1.25 bits per heavy atom. The first-order valence-electron chi connectivity index (χ1n) is 4.00. The van der Waals surface area contributed by atoms with Crippen LogP contribution in [0.5, 0.6) is 5.75 Å². The molecule has 1 atom stereocenters. The normalized spacial score (nSPS) is 12.1. The average molecular weight is 278 g/mol. The van der Waals surface area contributed by atoms with E-state index in [1.165, 1.54) is 18.2 Å². The standard InChI is InChI=1S/C9H10F3NO.2ClH/c1-6(13)7-3-2-4-8(5-7)14-9(10,11)12;;/h2-6H,13H2,1H3;2*1H/t6-;;/m1../s1. The van der Waals surface area contributed by atoms with Gasteiger partial charge in [-0.3, -0.25) is 0 Å². The Hall–Kier alpha value is -0.650. The largest absolute Gasteiger partial charge is 0.573 e. The smallest absolute Gasteiger partial charge is 0.406 e. The quantitative estimate of drug-likeness (QED) is 0.899. The fourth-order valence-electron chi connectivity index (χ4n) is 0.995. The summed E-state index contributed by atoms with van der Waals surface area (Å²) in [6.45, 7) is 1.69. The Kier molecular flexibility index (Phi) is 7.57. The number of hydrogen-bond donors (Lipinski definition) is 1. The van der Waals surface area contributed by atoms with Crippen LogP contribution in [-0.4, -0.2) is 6.36 Å². The van der Waals surface area contributed by atoms with Gasteiger partial charge in [-0.15, -0.1) is 38.0 Å². The van der Waals surface area contributed by atoms with Gasteiger partial charge in [0.05, 0.1) is 0 Å². The first kappa shape index (κ1) is 17.7. The number of ether oxygens (including phenoxy) is 1. The monoisotopic (exact) mass is 277 g/mol. The molecule has 7 heteroatoms. The maximum absolute atomic E-state index is 11.8. The number of hydrogen-bond acceptors (Lipinski definition) is 2. The number of rotatable bonds is 2. The molecule has 2 N–H and O–H groups in total. The summed E-state index contributed by atoms with van der Waals surface area (Å²) in [4.78, 5) is 0. The topological polar surface area (TPSA) is 35.2 Å². The molecule has 94 valence electrons. The summed E-state index contributed by atoms with van der Waals surface area (Å²) < 4.78 is 39.2. The Morgan fingerprint density at radius 3 is 2.25 bits per heavy atom. The van der Waals surface area contributed by atoms with Gasteiger partial charge in [0.25, 0.3) is 0 Å². The van der Waals surface area contributed by atoms with Crippen LogP contribution in [0.15, 0.2) is 24.3 Å². The van der Waals surface area contributed by atoms with Gasteiger partial charge < -0.3 is 10.5 Å². The average Bonchev–Trinajstić information content (AvgIpc) is 2.01. The lowest BCUT2D eigenvalue weighted by Crippen LogP contribution is -2.17. The first-order chi connectivity index (χ1) is 6.38. The molecular formula is C9H12Cl2F3NO. The molecule has 0 saturated carbocycles. The first-order valence-corrected chi connectivity index (χ1v) is 4.00. The summed E-state index contributed by atoms with van der Waals surface area (Å²) in [6, 6.07) is 5.32. The highest BCUT2D eigenvalue weighted by Crippen LogP contribution is 2.24. The van der Waals surface area contributed by atoms with Crippen LogP contribution in [0.4, 0.5) is 13.2 Å². The Balaban J connectivity index is 0. The van der Waals surface area contributed by atoms with Crippen molar-refractivity contribution < 1.29 is 17.9 Å². The van der Waals surface area contributed by atoms with Gasteiger partial charge in [0.15, 0.2) is 0 Å². The maximum Gasteiger partial charge on any atom is 0.573 e. The second-order valence-corrected chi connectivity index (χ2v) is 2.91. The Bertz CT molecular complexity index is 318. The van der Waals surface area contributed by atoms with Gasteiger partial charge in [-0.25, -0.2) is 0 Å². The van der Waals surface area contributed by atoms with E-state index in [0.717, 1.165) is 0 Å². The Morgan fingerprint density at radius 2 is 1.81 bits per heavy atom. The van der Waals surface area contributed by atoms with Gasteiger partial charge in [0, 0.05) is 6.04 Å². The lowest BCUT2D eigenvalue weighted by Gasteiger charge is -2.11. The third kappa shape index (κ3) is 6.05. The number of nitrogens with two attached hydrogens (primary N) is 1. The zero-order chi connectivity index (χ0) is 10.8. The van der Waals surface area contributed by atoms with Crippen LogP contribution in [0.1, 0.15) is 18.5 Å². The van der Waals surface area contributed by atoms with Crippen molar-refractivity contribution in [1.82, 2.24) is 0 Å². The second-order valence-electron chi connectivity index (χ2n) is 2.91. The lowest BCUT2D eigenvalue weighted by molar-refractivity contribution is -0.274. The molecule has 2 nitrogen and oxygen atoms in total. The van der Waals surface area contributed by atoms with E-state index < -0.39 is 6.36 Å². The van der Waals surface area contributed by atoms with Crippen molar-refractivity contribution in [2.45, 2.75) is 19.3 Å². The van der Waals surface area contributed by atoms with E-state index in [1.54, 1.807) is 13.0 Å². The summed E-state index contributed by atoms with van der Waals surface area (Å²) in [6.07, 6.45) is -4.66. The van der Waals surface area contributed by atoms with Crippen LogP contribution < -0.4 is 10.5 Å². The maximum atomic E-state index is 11.8. The molecule has 0 spiro atoms. The van der Waals surface area contributed by atoms with E-state index in [1.807, 2.05) is 0 Å². The van der Waals surface area contributed by atoms with E-state index in [0.29, 0.717) is 5.56 Å². The lowest BCUT2D eigenvalue weighted by atomic mass is 10.1. The minimum absolute atomic E-state index is 0. The van der Waals surface area contributed by atoms with Crippen molar-refractivity contribution >= 4 is 24.8 Å². The number of benzene rings is 1. The molecule has 1 aromatic carbocycles. The minimum atomic E-state index is -4.66. The summed E-state index contributed by atoms with van der Waals surface area (Å²) in [5.41, 5.74) is 6.11. The molecule has 0 amide bonds. The third-order valence-electron chi connectivity index (χ3n) is 1.62. The van der Waals surface area contributed by atoms with Crippen LogP contribution in [0.25, 0.3) is 0 Å². The highest BCUT2D eigenvalue weighted by atomic mass is 35.5. The molecule has 0 bridgehead atoms. The molecule has 0 aliphatic carbocycles. The fourth-order valence-corrected chi connectivity index (χ4v) is 0.995. The van der Waals surface area contributed by atoms with Crippen molar-refractivity contribution in [1.29, 1.82) is 0 Å². The van der Waals surface area contributed by atoms with Gasteiger partial charge >= 0.3 is 6.36 Å². The highest BCUT2D eigenvalue weighted by molar-refractivity contribution is 5.85. The summed E-state index contributed by atoms with van der Waals surface area (Å²) in [7, 11) is 0. The zero-order valence-electron chi connectivity index (χ0n) is 8.32. The second kappa shape index (κ2) is 6.83. The molecule has 0 saturated heterocycles. The number of alkyl halides is 3. The van der Waals surface area contributed by atoms with Crippen molar-refractivity contribution in [2.24, 2.45) is 5.73 Å². The van der Waals surface area contributed by atoms with E-state index >= 15 is 0 Å². The van der Waals surface area contributed by atoms with Gasteiger partial charge in [0.2, 0.25) is 0 Å². The van der Waals surface area contributed by atoms with Crippen LogP contribution in [-0.2, 0) is 0 Å². The fraction of sp³-hybridized carbons (Fsp3) is 0.333. The molecule has 0 aliphatic heterocycles. The van der Waals surface area contributed by atoms with Gasteiger partial charge in [0.1, 0.15) is 5.75 Å². The van der Waals surface area contributed by atoms with Crippen LogP contribution in [0.2, 0.25) is 0 Å². The molecule has 0 aromatic heterocycles. The van der Waals surface area contributed by atoms with Crippen LogP contribution >= 0.6 is 24.8 Å². The summed E-state index contributed by atoms with van der Waals surface area (Å²) >= 11 is 0. The van der Waals surface area contributed by atoms with Gasteiger partial charge in [-0.1, -0.05) is 12.1 Å². The van der Waals surface area contributed by atoms with E-state index in [4.69, 9.17) is 5.73 Å². The highest BCUT2D eigenvalue weighted by Gasteiger charge is 2.31. The molecule has 0 fully saturated rings.